The average molecular weight is 393 g/mol. The van der Waals surface area contributed by atoms with Gasteiger partial charge >= 0.3 is 5.97 Å². The van der Waals surface area contributed by atoms with E-state index in [1.807, 2.05) is 6.92 Å². The lowest BCUT2D eigenvalue weighted by molar-refractivity contribution is -0.604. The number of hydrogen-bond donors (Lipinski definition) is 1. The SMILES string of the molecule is CCc1c2c(nc3c[n+]([O-])ccc13)-c1cc3c(c(=O)n1C2)COC(=O)[C@]3(O)CC. The van der Waals surface area contributed by atoms with E-state index in [1.165, 1.54) is 12.4 Å². The quantitative estimate of drug-likeness (QED) is 0.312. The highest BCUT2D eigenvalue weighted by molar-refractivity contribution is 5.88. The van der Waals surface area contributed by atoms with Crippen molar-refractivity contribution in [1.82, 2.24) is 9.55 Å². The highest BCUT2D eigenvalue weighted by Crippen LogP contribution is 2.40. The second-order valence-corrected chi connectivity index (χ2v) is 7.48. The van der Waals surface area contributed by atoms with Gasteiger partial charge in [0.05, 0.1) is 23.5 Å². The number of cyclic esters (lactones) is 1. The summed E-state index contributed by atoms with van der Waals surface area (Å²) in [6.07, 6.45) is 3.66. The number of hydrogen-bond acceptors (Lipinski definition) is 6. The zero-order chi connectivity index (χ0) is 20.5. The topological polar surface area (TPSA) is 108 Å². The number of esters is 1. The smallest absolute Gasteiger partial charge is 0.343 e. The van der Waals surface area contributed by atoms with Gasteiger partial charge in [-0.05, 0) is 24.5 Å². The van der Waals surface area contributed by atoms with E-state index in [4.69, 9.17) is 4.74 Å². The Bertz CT molecular complexity index is 1280. The molecular weight excluding hydrogens is 374 g/mol. The van der Waals surface area contributed by atoms with Crippen LogP contribution in [0.1, 0.15) is 42.5 Å². The average Bonchev–Trinajstić information content (AvgIpc) is 3.08. The highest BCUT2D eigenvalue weighted by atomic mass is 16.6. The Morgan fingerprint density at radius 2 is 2.14 bits per heavy atom. The summed E-state index contributed by atoms with van der Waals surface area (Å²) < 4.78 is 7.40. The highest BCUT2D eigenvalue weighted by Gasteiger charge is 2.45. The molecule has 2 aliphatic rings. The molecule has 0 fully saturated rings. The number of carbonyl (C=O) groups excluding carboxylic acids is 1. The normalized spacial score (nSPS) is 19.6. The summed E-state index contributed by atoms with van der Waals surface area (Å²) in [6, 6.07) is 3.42. The number of aromatic nitrogens is 3. The Labute approximate surface area is 165 Å². The molecule has 0 aromatic carbocycles. The van der Waals surface area contributed by atoms with E-state index in [1.54, 1.807) is 23.6 Å². The molecule has 0 spiro atoms. The van der Waals surface area contributed by atoms with Crippen molar-refractivity contribution in [1.29, 1.82) is 0 Å². The summed E-state index contributed by atoms with van der Waals surface area (Å²) >= 11 is 0. The number of ether oxygens (including phenoxy) is 1. The maximum Gasteiger partial charge on any atom is 0.343 e. The largest absolute Gasteiger partial charge is 0.619 e. The lowest BCUT2D eigenvalue weighted by Crippen LogP contribution is -2.44. The first kappa shape index (κ1) is 17.8. The van der Waals surface area contributed by atoms with Crippen molar-refractivity contribution in [2.24, 2.45) is 0 Å². The summed E-state index contributed by atoms with van der Waals surface area (Å²) in [5, 5.41) is 23.6. The molecule has 148 valence electrons. The predicted molar refractivity (Wildman–Crippen MR) is 103 cm³/mol. The van der Waals surface area contributed by atoms with E-state index in [0.717, 1.165) is 16.5 Å². The fraction of sp³-hybridized carbons (Fsp3) is 0.333. The standard InChI is InChI=1S/C21H19N3O5/c1-3-11-12-5-6-23(28)9-16(12)22-18-13(11)8-24-17(18)7-15-14(19(24)25)10-29-20(26)21(15,27)4-2/h5-7,9,27H,3-4,8,10H2,1-2H3/t21-/m0/s1. The van der Waals surface area contributed by atoms with Crippen LogP contribution < -0.4 is 10.3 Å². The fourth-order valence-electron chi connectivity index (χ4n) is 4.50. The lowest BCUT2D eigenvalue weighted by atomic mass is 9.86. The minimum absolute atomic E-state index is 0.0934. The van der Waals surface area contributed by atoms with Crippen LogP contribution in [-0.4, -0.2) is 20.6 Å². The molecule has 0 bridgehead atoms. The molecule has 5 rings (SSSR count). The third-order valence-electron chi connectivity index (χ3n) is 6.08. The number of aliphatic hydroxyl groups is 1. The molecule has 0 saturated heterocycles. The van der Waals surface area contributed by atoms with Crippen LogP contribution in [0.2, 0.25) is 0 Å². The molecule has 0 amide bonds. The van der Waals surface area contributed by atoms with Gasteiger partial charge in [0, 0.05) is 22.6 Å². The molecule has 1 N–H and O–H groups in total. The zero-order valence-corrected chi connectivity index (χ0v) is 16.1. The molecule has 29 heavy (non-hydrogen) atoms. The summed E-state index contributed by atoms with van der Waals surface area (Å²) in [5.41, 5.74) is 2.09. The molecule has 8 heteroatoms. The number of fused-ring (bicyclic) bond motifs is 5. The van der Waals surface area contributed by atoms with Crippen molar-refractivity contribution in [2.75, 3.05) is 0 Å². The molecule has 3 aromatic rings. The maximum atomic E-state index is 13.2. The molecular formula is C21H19N3O5. The molecule has 5 heterocycles. The van der Waals surface area contributed by atoms with Crippen molar-refractivity contribution < 1.29 is 19.4 Å². The van der Waals surface area contributed by atoms with E-state index < -0.39 is 11.6 Å². The molecule has 0 aliphatic carbocycles. The summed E-state index contributed by atoms with van der Waals surface area (Å²) in [4.78, 5) is 30.1. The summed E-state index contributed by atoms with van der Waals surface area (Å²) in [7, 11) is 0. The molecule has 8 nitrogen and oxygen atoms in total. The zero-order valence-electron chi connectivity index (χ0n) is 16.1. The molecule has 3 aromatic heterocycles. The Morgan fingerprint density at radius 3 is 2.86 bits per heavy atom. The fourth-order valence-corrected chi connectivity index (χ4v) is 4.50. The van der Waals surface area contributed by atoms with Gasteiger partial charge in [0.1, 0.15) is 12.1 Å². The third-order valence-corrected chi connectivity index (χ3v) is 6.08. The van der Waals surface area contributed by atoms with E-state index >= 15 is 0 Å². The Morgan fingerprint density at radius 1 is 1.34 bits per heavy atom. The monoisotopic (exact) mass is 393 g/mol. The number of aryl methyl sites for hydroxylation is 1. The first-order valence-corrected chi connectivity index (χ1v) is 9.60. The number of rotatable bonds is 2. The van der Waals surface area contributed by atoms with Crippen LogP contribution in [0.15, 0.2) is 29.3 Å². The second kappa shape index (κ2) is 5.87. The van der Waals surface area contributed by atoms with Gasteiger partial charge < -0.3 is 19.6 Å². The van der Waals surface area contributed by atoms with Crippen LogP contribution in [0.25, 0.3) is 22.3 Å². The van der Waals surface area contributed by atoms with Gasteiger partial charge in [-0.1, -0.05) is 13.8 Å². The van der Waals surface area contributed by atoms with Gasteiger partial charge in [-0.3, -0.25) is 4.79 Å². The summed E-state index contributed by atoms with van der Waals surface area (Å²) in [6.45, 7) is 3.89. The van der Waals surface area contributed by atoms with Gasteiger partial charge in [0.25, 0.3) is 5.56 Å². The van der Waals surface area contributed by atoms with Crippen LogP contribution in [0, 0.1) is 5.21 Å². The summed E-state index contributed by atoms with van der Waals surface area (Å²) in [5.74, 6) is -0.747. The van der Waals surface area contributed by atoms with Crippen LogP contribution in [0.5, 0.6) is 0 Å². The van der Waals surface area contributed by atoms with Crippen molar-refractivity contribution in [3.63, 3.8) is 0 Å². The van der Waals surface area contributed by atoms with Gasteiger partial charge in [-0.15, -0.1) is 0 Å². The van der Waals surface area contributed by atoms with E-state index in [0.29, 0.717) is 40.2 Å². The molecule has 2 aliphatic heterocycles. The third kappa shape index (κ3) is 2.23. The minimum atomic E-state index is -1.85. The number of nitrogens with zero attached hydrogens (tertiary/aromatic N) is 3. The van der Waals surface area contributed by atoms with E-state index in [2.05, 4.69) is 4.98 Å². The first-order chi connectivity index (χ1) is 13.9. The van der Waals surface area contributed by atoms with E-state index in [9.17, 15) is 19.9 Å². The number of pyridine rings is 3. The maximum absolute atomic E-state index is 13.2. The Kier molecular flexibility index (Phi) is 3.61. The van der Waals surface area contributed by atoms with Crippen LogP contribution in [0.3, 0.4) is 0 Å². The first-order valence-electron chi connectivity index (χ1n) is 9.60. The predicted octanol–water partition coefficient (Wildman–Crippen LogP) is 1.28. The molecule has 1 atom stereocenters. The molecule has 0 unspecified atom stereocenters. The van der Waals surface area contributed by atoms with Gasteiger partial charge in [0.15, 0.2) is 11.8 Å². The molecule has 0 saturated carbocycles. The van der Waals surface area contributed by atoms with Crippen LogP contribution in [0.4, 0.5) is 0 Å². The van der Waals surface area contributed by atoms with Crippen LogP contribution in [-0.2, 0) is 34.7 Å². The Balaban J connectivity index is 1.84. The van der Waals surface area contributed by atoms with Gasteiger partial charge in [-0.25, -0.2) is 9.78 Å². The Hall–Kier alpha value is -3.26. The van der Waals surface area contributed by atoms with Crippen molar-refractivity contribution in [3.05, 3.63) is 62.3 Å². The van der Waals surface area contributed by atoms with Crippen LogP contribution >= 0.6 is 0 Å². The van der Waals surface area contributed by atoms with Gasteiger partial charge in [0.2, 0.25) is 6.20 Å². The van der Waals surface area contributed by atoms with Crippen molar-refractivity contribution in [2.45, 2.75) is 45.4 Å². The van der Waals surface area contributed by atoms with Crippen molar-refractivity contribution in [3.8, 4) is 11.4 Å². The van der Waals surface area contributed by atoms with Gasteiger partial charge in [-0.2, -0.15) is 4.73 Å². The number of carbonyl (C=O) groups is 1. The lowest BCUT2D eigenvalue weighted by Gasteiger charge is -2.31. The van der Waals surface area contributed by atoms with Crippen molar-refractivity contribution >= 4 is 16.9 Å². The second-order valence-electron chi connectivity index (χ2n) is 7.48. The molecule has 0 radical (unpaired) electrons. The minimum Gasteiger partial charge on any atom is -0.619 e. The van der Waals surface area contributed by atoms with E-state index in [-0.39, 0.29) is 24.2 Å².